The van der Waals surface area contributed by atoms with E-state index in [0.717, 1.165) is 17.4 Å². The molecule has 0 saturated carbocycles. The van der Waals surface area contributed by atoms with Crippen molar-refractivity contribution in [3.63, 3.8) is 0 Å². The lowest BCUT2D eigenvalue weighted by Crippen LogP contribution is -2.02. The van der Waals surface area contributed by atoms with Crippen LogP contribution in [0.4, 0.5) is 0 Å². The number of carbonyl (C=O) groups excluding carboxylic acids is 1. The zero-order valence-electron chi connectivity index (χ0n) is 11.9. The van der Waals surface area contributed by atoms with Crippen molar-refractivity contribution in [2.75, 3.05) is 6.61 Å². The monoisotopic (exact) mass is 286 g/mol. The van der Waals surface area contributed by atoms with E-state index in [9.17, 15) is 4.79 Å². The first kappa shape index (κ1) is 15.1. The Morgan fingerprint density at radius 1 is 1.05 bits per heavy atom. The molecule has 0 radical (unpaired) electrons. The van der Waals surface area contributed by atoms with Crippen LogP contribution in [0.3, 0.4) is 0 Å². The first-order valence-electron chi connectivity index (χ1n) is 6.81. The Bertz CT molecular complexity index is 590. The molecule has 0 aliphatic heterocycles. The molecule has 0 aliphatic carbocycles. The number of hydrogen-bond acceptors (Lipinski definition) is 4. The van der Waals surface area contributed by atoms with Gasteiger partial charge in [0.2, 0.25) is 0 Å². The highest BCUT2D eigenvalue weighted by molar-refractivity contribution is 5.81. The summed E-state index contributed by atoms with van der Waals surface area (Å²) in [4.78, 5) is 11.1. The van der Waals surface area contributed by atoms with Crippen LogP contribution in [-0.4, -0.2) is 18.0 Å². The van der Waals surface area contributed by atoms with E-state index in [4.69, 9.17) is 14.6 Å². The van der Waals surface area contributed by atoms with Crippen LogP contribution in [0.25, 0.3) is 0 Å². The molecular weight excluding hydrogens is 268 g/mol. The van der Waals surface area contributed by atoms with Gasteiger partial charge in [-0.2, -0.15) is 0 Å². The first-order chi connectivity index (χ1) is 10.3. The lowest BCUT2D eigenvalue weighted by Gasteiger charge is -2.13. The molecule has 0 heterocycles. The van der Waals surface area contributed by atoms with Crippen LogP contribution in [0.5, 0.6) is 11.5 Å². The van der Waals surface area contributed by atoms with Crippen LogP contribution in [0.2, 0.25) is 0 Å². The highest BCUT2D eigenvalue weighted by atomic mass is 16.5. The average molecular weight is 286 g/mol. The van der Waals surface area contributed by atoms with Crippen LogP contribution in [0.15, 0.2) is 42.5 Å². The van der Waals surface area contributed by atoms with Crippen molar-refractivity contribution in [3.05, 3.63) is 59.2 Å². The minimum atomic E-state index is 0.0175. The smallest absolute Gasteiger partial charge is 0.172 e. The Labute approximate surface area is 123 Å². The van der Waals surface area contributed by atoms with Crippen LogP contribution in [0, 0.1) is 0 Å². The predicted molar refractivity (Wildman–Crippen MR) is 79.7 cm³/mol. The van der Waals surface area contributed by atoms with Gasteiger partial charge in [-0.05, 0) is 30.2 Å². The molecule has 0 aliphatic rings. The number of benzene rings is 2. The topological polar surface area (TPSA) is 55.8 Å². The maximum atomic E-state index is 11.1. The van der Waals surface area contributed by atoms with E-state index in [-0.39, 0.29) is 6.61 Å². The minimum Gasteiger partial charge on any atom is -0.490 e. The number of aldehydes is 1. The fourth-order valence-corrected chi connectivity index (χ4v) is 1.95. The zero-order valence-corrected chi connectivity index (χ0v) is 11.9. The van der Waals surface area contributed by atoms with Crippen molar-refractivity contribution in [2.24, 2.45) is 0 Å². The quantitative estimate of drug-likeness (QED) is 0.795. The van der Waals surface area contributed by atoms with Crippen LogP contribution in [0.1, 0.15) is 28.4 Å². The molecule has 0 unspecified atom stereocenters. The van der Waals surface area contributed by atoms with E-state index >= 15 is 0 Å². The summed E-state index contributed by atoms with van der Waals surface area (Å²) in [5.41, 5.74) is 2.27. The molecule has 2 aromatic carbocycles. The lowest BCUT2D eigenvalue weighted by molar-refractivity contribution is 0.111. The van der Waals surface area contributed by atoms with Gasteiger partial charge in [-0.25, -0.2) is 0 Å². The third kappa shape index (κ3) is 3.83. The van der Waals surface area contributed by atoms with Crippen molar-refractivity contribution in [2.45, 2.75) is 20.1 Å². The second-order valence-corrected chi connectivity index (χ2v) is 4.49. The molecule has 0 amide bonds. The molecule has 21 heavy (non-hydrogen) atoms. The number of hydrogen-bond donors (Lipinski definition) is 1. The number of ether oxygens (including phenoxy) is 2. The van der Waals surface area contributed by atoms with E-state index in [1.807, 2.05) is 31.2 Å². The number of carbonyl (C=O) groups is 1. The van der Waals surface area contributed by atoms with Gasteiger partial charge in [0.25, 0.3) is 0 Å². The van der Waals surface area contributed by atoms with Crippen LogP contribution in [-0.2, 0) is 13.2 Å². The molecule has 0 aromatic heterocycles. The minimum absolute atomic E-state index is 0.0175. The van der Waals surface area contributed by atoms with Crippen molar-refractivity contribution >= 4 is 6.29 Å². The van der Waals surface area contributed by atoms with E-state index in [1.54, 1.807) is 18.2 Å². The molecule has 2 rings (SSSR count). The van der Waals surface area contributed by atoms with Gasteiger partial charge in [-0.15, -0.1) is 0 Å². The Hall–Kier alpha value is -2.33. The number of aliphatic hydroxyl groups excluding tert-OH is 1. The Balaban J connectivity index is 2.15. The summed E-state index contributed by atoms with van der Waals surface area (Å²) in [6.07, 6.45) is 0.757. The lowest BCUT2D eigenvalue weighted by atomic mass is 10.1. The number of aliphatic hydroxyl groups is 1. The fraction of sp³-hybridized carbons (Fsp3) is 0.235. The molecule has 2 aromatic rings. The number of para-hydroxylation sites is 1. The largest absolute Gasteiger partial charge is 0.490 e. The van der Waals surface area contributed by atoms with Gasteiger partial charge >= 0.3 is 0 Å². The third-order valence-corrected chi connectivity index (χ3v) is 3.02. The summed E-state index contributed by atoms with van der Waals surface area (Å²) < 4.78 is 11.2. The van der Waals surface area contributed by atoms with Gasteiger partial charge in [0, 0.05) is 0 Å². The molecule has 0 fully saturated rings. The molecule has 110 valence electrons. The van der Waals surface area contributed by atoms with E-state index in [2.05, 4.69) is 0 Å². The van der Waals surface area contributed by atoms with Crippen LogP contribution < -0.4 is 9.47 Å². The molecule has 0 bridgehead atoms. The summed E-state index contributed by atoms with van der Waals surface area (Å²) >= 11 is 0. The van der Waals surface area contributed by atoms with Gasteiger partial charge < -0.3 is 14.6 Å². The maximum absolute atomic E-state index is 11.1. The Morgan fingerprint density at radius 2 is 1.76 bits per heavy atom. The van der Waals surface area contributed by atoms with E-state index in [1.165, 1.54) is 0 Å². The van der Waals surface area contributed by atoms with Gasteiger partial charge in [0.05, 0.1) is 18.8 Å². The molecule has 4 nitrogen and oxygen atoms in total. The summed E-state index contributed by atoms with van der Waals surface area (Å²) in [5.74, 6) is 1.02. The summed E-state index contributed by atoms with van der Waals surface area (Å²) in [6, 6.07) is 12.7. The van der Waals surface area contributed by atoms with Crippen LogP contribution >= 0.6 is 0 Å². The van der Waals surface area contributed by atoms with Crippen molar-refractivity contribution in [3.8, 4) is 11.5 Å². The third-order valence-electron chi connectivity index (χ3n) is 3.02. The van der Waals surface area contributed by atoms with E-state index < -0.39 is 0 Å². The van der Waals surface area contributed by atoms with Gasteiger partial charge in [0.15, 0.2) is 17.8 Å². The molecular formula is C17H18O4. The maximum Gasteiger partial charge on any atom is 0.172 e. The van der Waals surface area contributed by atoms with Crippen molar-refractivity contribution < 1.29 is 19.4 Å². The highest BCUT2D eigenvalue weighted by Crippen LogP contribution is 2.31. The zero-order chi connectivity index (χ0) is 15.1. The summed E-state index contributed by atoms with van der Waals surface area (Å²) in [5, 5.41) is 9.01. The Morgan fingerprint density at radius 3 is 2.38 bits per heavy atom. The first-order valence-corrected chi connectivity index (χ1v) is 6.81. The average Bonchev–Trinajstić information content (AvgIpc) is 2.54. The van der Waals surface area contributed by atoms with E-state index in [0.29, 0.717) is 30.3 Å². The molecule has 0 atom stereocenters. The normalized spacial score (nSPS) is 10.2. The SMILES string of the molecule is CCOc1cccc(C=O)c1OCc1ccc(CO)cc1. The molecule has 1 N–H and O–H groups in total. The van der Waals surface area contributed by atoms with Crippen molar-refractivity contribution in [1.29, 1.82) is 0 Å². The standard InChI is InChI=1S/C17H18O4/c1-2-20-16-5-3-4-15(11-19)17(16)21-12-14-8-6-13(10-18)7-9-14/h3-9,11,18H,2,10,12H2,1H3. The van der Waals surface area contributed by atoms with Gasteiger partial charge in [-0.1, -0.05) is 30.3 Å². The fourth-order valence-electron chi connectivity index (χ4n) is 1.95. The number of rotatable bonds is 7. The van der Waals surface area contributed by atoms with Gasteiger partial charge in [0.1, 0.15) is 6.61 Å². The second-order valence-electron chi connectivity index (χ2n) is 4.49. The molecule has 4 heteroatoms. The second kappa shape index (κ2) is 7.45. The summed E-state index contributed by atoms with van der Waals surface area (Å²) in [6.45, 7) is 2.73. The predicted octanol–water partition coefficient (Wildman–Crippen LogP) is 2.97. The molecule has 0 spiro atoms. The Kier molecular flexibility index (Phi) is 5.35. The summed E-state index contributed by atoms with van der Waals surface area (Å²) in [7, 11) is 0. The van der Waals surface area contributed by atoms with Crippen molar-refractivity contribution in [1.82, 2.24) is 0 Å². The van der Waals surface area contributed by atoms with Gasteiger partial charge in [-0.3, -0.25) is 4.79 Å². The molecule has 0 saturated heterocycles. The highest BCUT2D eigenvalue weighted by Gasteiger charge is 2.10.